The first-order valence-corrected chi connectivity index (χ1v) is 10.3. The van der Waals surface area contributed by atoms with E-state index >= 15 is 0 Å². The number of aromatic nitrogens is 2. The molecule has 1 amide bonds. The lowest BCUT2D eigenvalue weighted by molar-refractivity contribution is 0.0673. The van der Waals surface area contributed by atoms with Gasteiger partial charge in [0.1, 0.15) is 0 Å². The number of aryl methyl sites for hydroxylation is 1. The van der Waals surface area contributed by atoms with Crippen LogP contribution in [0.1, 0.15) is 60.4 Å². The number of nitrogens with zero attached hydrogens (tertiary/aromatic N) is 3. The Hall–Kier alpha value is -2.14. The molecule has 1 aliphatic carbocycles. The number of carbonyl (C=O) groups excluding carboxylic acids is 1. The van der Waals surface area contributed by atoms with Crippen molar-refractivity contribution in [2.75, 3.05) is 13.1 Å². The third-order valence-corrected chi connectivity index (χ3v) is 6.29. The maximum atomic E-state index is 13.2. The zero-order valence-electron chi connectivity index (χ0n) is 16.4. The molecule has 0 bridgehead atoms. The topological polar surface area (TPSA) is 64.2 Å². The number of fused-ring (bicyclic) bond motifs is 1. The van der Waals surface area contributed by atoms with E-state index in [1.165, 1.54) is 11.3 Å². The number of nitrogens with two attached hydrogens (primary N) is 1. The van der Waals surface area contributed by atoms with Gasteiger partial charge in [-0.2, -0.15) is 5.10 Å². The van der Waals surface area contributed by atoms with E-state index in [9.17, 15) is 4.79 Å². The second-order valence-corrected chi connectivity index (χ2v) is 8.05. The van der Waals surface area contributed by atoms with Crippen molar-refractivity contribution in [2.24, 2.45) is 11.7 Å². The highest BCUT2D eigenvalue weighted by Gasteiger charge is 2.32. The Morgan fingerprint density at radius 2 is 1.93 bits per heavy atom. The van der Waals surface area contributed by atoms with Gasteiger partial charge in [0.05, 0.1) is 5.69 Å². The van der Waals surface area contributed by atoms with Crippen LogP contribution in [0.15, 0.2) is 24.3 Å². The maximum Gasteiger partial charge on any atom is 0.274 e. The molecule has 1 atom stereocenters. The lowest BCUT2D eigenvalue weighted by Crippen LogP contribution is -2.42. The minimum Gasteiger partial charge on any atom is -0.337 e. The van der Waals surface area contributed by atoms with Crippen molar-refractivity contribution in [3.05, 3.63) is 46.8 Å². The van der Waals surface area contributed by atoms with Crippen molar-refractivity contribution in [3.8, 4) is 5.69 Å². The van der Waals surface area contributed by atoms with E-state index < -0.39 is 0 Å². The first-order valence-electron chi connectivity index (χ1n) is 10.3. The number of hydrogen-bond acceptors (Lipinski definition) is 3. The van der Waals surface area contributed by atoms with E-state index in [1.807, 2.05) is 9.58 Å². The molecule has 1 aromatic carbocycles. The van der Waals surface area contributed by atoms with Crippen LogP contribution in [-0.2, 0) is 19.3 Å². The molecular formula is C22H30N4O. The number of benzene rings is 1. The molecule has 0 radical (unpaired) electrons. The highest BCUT2D eigenvalue weighted by atomic mass is 16.2. The van der Waals surface area contributed by atoms with E-state index in [0.717, 1.165) is 62.9 Å². The quantitative estimate of drug-likeness (QED) is 0.904. The largest absolute Gasteiger partial charge is 0.337 e. The summed E-state index contributed by atoms with van der Waals surface area (Å²) in [4.78, 5) is 15.2. The van der Waals surface area contributed by atoms with Gasteiger partial charge < -0.3 is 10.6 Å². The average molecular weight is 367 g/mol. The lowest BCUT2D eigenvalue weighted by Gasteiger charge is -2.33. The van der Waals surface area contributed by atoms with Crippen molar-refractivity contribution in [1.82, 2.24) is 14.7 Å². The van der Waals surface area contributed by atoms with Crippen LogP contribution in [0.3, 0.4) is 0 Å². The van der Waals surface area contributed by atoms with Gasteiger partial charge in [0.25, 0.3) is 5.91 Å². The van der Waals surface area contributed by atoms with Crippen LogP contribution >= 0.6 is 0 Å². The van der Waals surface area contributed by atoms with Gasteiger partial charge >= 0.3 is 0 Å². The molecule has 2 aliphatic rings. The van der Waals surface area contributed by atoms with Gasteiger partial charge in [-0.05, 0) is 69.1 Å². The molecule has 1 saturated heterocycles. The van der Waals surface area contributed by atoms with Gasteiger partial charge in [-0.3, -0.25) is 4.79 Å². The van der Waals surface area contributed by atoms with Gasteiger partial charge in [0.15, 0.2) is 5.69 Å². The SMILES string of the molecule is CCc1ccc(-n2nc(C(=O)N3CCC(C(C)N)CC3)c3c2CCC3)cc1. The number of carbonyl (C=O) groups is 1. The molecule has 1 fully saturated rings. The fourth-order valence-electron chi connectivity index (χ4n) is 4.47. The summed E-state index contributed by atoms with van der Waals surface area (Å²) in [6, 6.07) is 8.74. The number of amides is 1. The number of piperidine rings is 1. The Morgan fingerprint density at radius 1 is 1.22 bits per heavy atom. The van der Waals surface area contributed by atoms with E-state index in [2.05, 4.69) is 38.1 Å². The Kier molecular flexibility index (Phi) is 5.04. The van der Waals surface area contributed by atoms with Crippen molar-refractivity contribution >= 4 is 5.91 Å². The molecule has 1 aromatic heterocycles. The van der Waals surface area contributed by atoms with Crippen molar-refractivity contribution in [1.29, 1.82) is 0 Å². The molecule has 0 spiro atoms. The zero-order chi connectivity index (χ0) is 19.0. The van der Waals surface area contributed by atoms with Crippen molar-refractivity contribution in [3.63, 3.8) is 0 Å². The monoisotopic (exact) mass is 366 g/mol. The fraction of sp³-hybridized carbons (Fsp3) is 0.545. The van der Waals surface area contributed by atoms with Crippen LogP contribution in [-0.4, -0.2) is 39.7 Å². The third-order valence-electron chi connectivity index (χ3n) is 6.29. The number of rotatable bonds is 4. The Bertz CT molecular complexity index is 814. The molecule has 144 valence electrons. The fourth-order valence-corrected chi connectivity index (χ4v) is 4.47. The Labute approximate surface area is 161 Å². The number of likely N-dealkylation sites (tertiary alicyclic amines) is 1. The van der Waals surface area contributed by atoms with Gasteiger partial charge in [-0.25, -0.2) is 4.68 Å². The van der Waals surface area contributed by atoms with E-state index in [0.29, 0.717) is 11.6 Å². The molecule has 2 aromatic rings. The average Bonchev–Trinajstić information content (AvgIpc) is 3.30. The molecule has 0 saturated carbocycles. The predicted octanol–water partition coefficient (Wildman–Crippen LogP) is 3.12. The van der Waals surface area contributed by atoms with Crippen LogP contribution in [0.25, 0.3) is 5.69 Å². The van der Waals surface area contributed by atoms with Gasteiger partial charge in [-0.15, -0.1) is 0 Å². The Morgan fingerprint density at radius 3 is 2.56 bits per heavy atom. The van der Waals surface area contributed by atoms with E-state index in [4.69, 9.17) is 10.8 Å². The normalized spacial score (nSPS) is 18.6. The summed E-state index contributed by atoms with van der Waals surface area (Å²) in [5.74, 6) is 0.620. The molecule has 2 heterocycles. The van der Waals surface area contributed by atoms with Crippen molar-refractivity contribution in [2.45, 2.75) is 58.4 Å². The molecule has 2 N–H and O–H groups in total. The molecule has 1 aliphatic heterocycles. The van der Waals surface area contributed by atoms with E-state index in [-0.39, 0.29) is 11.9 Å². The highest BCUT2D eigenvalue weighted by Crippen LogP contribution is 2.30. The highest BCUT2D eigenvalue weighted by molar-refractivity contribution is 5.94. The summed E-state index contributed by atoms with van der Waals surface area (Å²) < 4.78 is 2.00. The van der Waals surface area contributed by atoms with Crippen LogP contribution < -0.4 is 5.73 Å². The molecule has 5 heteroatoms. The summed E-state index contributed by atoms with van der Waals surface area (Å²) >= 11 is 0. The zero-order valence-corrected chi connectivity index (χ0v) is 16.4. The van der Waals surface area contributed by atoms with E-state index in [1.54, 1.807) is 0 Å². The second kappa shape index (κ2) is 7.47. The summed E-state index contributed by atoms with van der Waals surface area (Å²) in [6.45, 7) is 5.81. The lowest BCUT2D eigenvalue weighted by atomic mass is 9.91. The van der Waals surface area contributed by atoms with Gasteiger partial charge in [0, 0.05) is 30.4 Å². The van der Waals surface area contributed by atoms with Crippen LogP contribution in [0, 0.1) is 5.92 Å². The standard InChI is InChI=1S/C22H30N4O/c1-3-16-7-9-18(10-8-16)26-20-6-4-5-19(20)21(24-26)22(27)25-13-11-17(12-14-25)15(2)23/h7-10,15,17H,3-6,11-14,23H2,1-2H3. The van der Waals surface area contributed by atoms with Gasteiger partial charge in [0.2, 0.25) is 0 Å². The maximum absolute atomic E-state index is 13.2. The Balaban J connectivity index is 1.59. The molecule has 5 nitrogen and oxygen atoms in total. The molecule has 1 unspecified atom stereocenters. The predicted molar refractivity (Wildman–Crippen MR) is 107 cm³/mol. The minimum absolute atomic E-state index is 0.0974. The number of hydrogen-bond donors (Lipinski definition) is 1. The van der Waals surface area contributed by atoms with Crippen molar-refractivity contribution < 1.29 is 4.79 Å². The molecular weight excluding hydrogens is 336 g/mol. The summed E-state index contributed by atoms with van der Waals surface area (Å²) in [6.07, 6.45) is 6.07. The summed E-state index contributed by atoms with van der Waals surface area (Å²) in [5, 5.41) is 4.79. The first kappa shape index (κ1) is 18.2. The summed E-state index contributed by atoms with van der Waals surface area (Å²) in [5.41, 5.74) is 11.5. The summed E-state index contributed by atoms with van der Waals surface area (Å²) in [7, 11) is 0. The van der Waals surface area contributed by atoms with Gasteiger partial charge in [-0.1, -0.05) is 19.1 Å². The van der Waals surface area contributed by atoms with Crippen LogP contribution in [0.4, 0.5) is 0 Å². The molecule has 27 heavy (non-hydrogen) atoms. The third kappa shape index (κ3) is 3.41. The second-order valence-electron chi connectivity index (χ2n) is 8.05. The minimum atomic E-state index is 0.0974. The van der Waals surface area contributed by atoms with Crippen LogP contribution in [0.5, 0.6) is 0 Å². The molecule has 4 rings (SSSR count). The van der Waals surface area contributed by atoms with Crippen LogP contribution in [0.2, 0.25) is 0 Å². The smallest absolute Gasteiger partial charge is 0.274 e. The first-order chi connectivity index (χ1) is 13.1.